The predicted molar refractivity (Wildman–Crippen MR) is 75.7 cm³/mol. The Morgan fingerprint density at radius 2 is 1.84 bits per heavy atom. The van der Waals surface area contributed by atoms with Crippen LogP contribution in [0.15, 0.2) is 0 Å². The molecule has 0 aromatic rings. The molecule has 0 rings (SSSR count). The number of rotatable bonds is 8. The summed E-state index contributed by atoms with van der Waals surface area (Å²) in [4.78, 5) is 22.1. The molecule has 19 heavy (non-hydrogen) atoms. The van der Waals surface area contributed by atoms with E-state index < -0.39 is 11.7 Å². The van der Waals surface area contributed by atoms with Crippen molar-refractivity contribution in [3.8, 4) is 0 Å². The van der Waals surface area contributed by atoms with Gasteiger partial charge in [0.05, 0.1) is 0 Å². The fourth-order valence-electron chi connectivity index (χ4n) is 1.57. The number of carbonyl (C=O) groups is 2. The fraction of sp³-hybridized carbons (Fsp3) is 0.857. The molecule has 0 aliphatic heterocycles. The van der Waals surface area contributed by atoms with Gasteiger partial charge in [0.25, 0.3) is 0 Å². The standard InChI is InChI=1S/C14H28N2O3/c1-11(8-9-12(2)17)7-6-10-15-16-13(18)19-14(3,4)5/h11,15H,6-10H2,1-5H3,(H,16,18)/t11-/m1/s1. The first-order valence-electron chi connectivity index (χ1n) is 6.92. The van der Waals surface area contributed by atoms with E-state index in [-0.39, 0.29) is 5.78 Å². The molecule has 0 aliphatic carbocycles. The van der Waals surface area contributed by atoms with Crippen LogP contribution in [0.4, 0.5) is 4.79 Å². The summed E-state index contributed by atoms with van der Waals surface area (Å²) in [6.07, 6.45) is 3.13. The Balaban J connectivity index is 3.49. The highest BCUT2D eigenvalue weighted by molar-refractivity contribution is 5.75. The minimum atomic E-state index is -0.479. The lowest BCUT2D eigenvalue weighted by Crippen LogP contribution is -2.41. The highest BCUT2D eigenvalue weighted by atomic mass is 16.6. The van der Waals surface area contributed by atoms with Gasteiger partial charge in [0, 0.05) is 13.0 Å². The van der Waals surface area contributed by atoms with Crippen molar-refractivity contribution in [3.63, 3.8) is 0 Å². The maximum atomic E-state index is 11.3. The molecule has 0 radical (unpaired) electrons. The first kappa shape index (κ1) is 17.9. The molecule has 0 aromatic carbocycles. The summed E-state index contributed by atoms with van der Waals surface area (Å²) in [7, 11) is 0. The lowest BCUT2D eigenvalue weighted by Gasteiger charge is -2.19. The van der Waals surface area contributed by atoms with Gasteiger partial charge in [0.2, 0.25) is 0 Å². The molecule has 1 atom stereocenters. The zero-order valence-electron chi connectivity index (χ0n) is 12.8. The van der Waals surface area contributed by atoms with Crippen LogP contribution in [0, 0.1) is 5.92 Å². The monoisotopic (exact) mass is 272 g/mol. The van der Waals surface area contributed by atoms with E-state index in [0.29, 0.717) is 18.9 Å². The van der Waals surface area contributed by atoms with Crippen molar-refractivity contribution >= 4 is 11.9 Å². The van der Waals surface area contributed by atoms with Crippen LogP contribution < -0.4 is 10.9 Å². The van der Waals surface area contributed by atoms with Gasteiger partial charge in [-0.05, 0) is 52.9 Å². The number of hydrogen-bond donors (Lipinski definition) is 2. The number of amides is 1. The highest BCUT2D eigenvalue weighted by Crippen LogP contribution is 2.12. The van der Waals surface area contributed by atoms with Gasteiger partial charge in [0.15, 0.2) is 0 Å². The smallest absolute Gasteiger partial charge is 0.422 e. The SMILES string of the molecule is CC(=O)CC[C@H](C)CCCNNC(=O)OC(C)(C)C. The second kappa shape index (κ2) is 8.91. The van der Waals surface area contributed by atoms with E-state index >= 15 is 0 Å². The number of hydrogen-bond acceptors (Lipinski definition) is 4. The number of nitrogens with one attached hydrogen (secondary N) is 2. The lowest BCUT2D eigenvalue weighted by atomic mass is 9.99. The molecule has 0 saturated carbocycles. The molecule has 2 N–H and O–H groups in total. The Kier molecular flexibility index (Phi) is 8.39. The summed E-state index contributed by atoms with van der Waals surface area (Å²) in [6.45, 7) is 9.93. The molecule has 0 heterocycles. The minimum Gasteiger partial charge on any atom is -0.443 e. The van der Waals surface area contributed by atoms with Gasteiger partial charge in [-0.15, -0.1) is 0 Å². The summed E-state index contributed by atoms with van der Waals surface area (Å²) in [5, 5.41) is 0. The summed E-state index contributed by atoms with van der Waals surface area (Å²) >= 11 is 0. The molecule has 1 amide bonds. The third-order valence-corrected chi connectivity index (χ3v) is 2.58. The van der Waals surface area contributed by atoms with Crippen LogP contribution in [0.25, 0.3) is 0 Å². The average Bonchev–Trinajstić information content (AvgIpc) is 2.23. The maximum absolute atomic E-state index is 11.3. The van der Waals surface area contributed by atoms with Gasteiger partial charge in [-0.3, -0.25) is 5.43 Å². The zero-order valence-corrected chi connectivity index (χ0v) is 12.8. The van der Waals surface area contributed by atoms with Crippen molar-refractivity contribution in [3.05, 3.63) is 0 Å². The quantitative estimate of drug-likeness (QED) is 0.526. The summed E-state index contributed by atoms with van der Waals surface area (Å²) < 4.78 is 5.08. The van der Waals surface area contributed by atoms with Gasteiger partial charge in [-0.2, -0.15) is 0 Å². The molecule has 5 nitrogen and oxygen atoms in total. The highest BCUT2D eigenvalue weighted by Gasteiger charge is 2.15. The van der Waals surface area contributed by atoms with Crippen LogP contribution >= 0.6 is 0 Å². The zero-order chi connectivity index (χ0) is 14.9. The van der Waals surface area contributed by atoms with Crippen LogP contribution in [0.1, 0.15) is 60.3 Å². The van der Waals surface area contributed by atoms with Crippen molar-refractivity contribution < 1.29 is 14.3 Å². The lowest BCUT2D eigenvalue weighted by molar-refractivity contribution is -0.117. The van der Waals surface area contributed by atoms with Crippen molar-refractivity contribution in [1.29, 1.82) is 0 Å². The molecule has 0 saturated heterocycles. The predicted octanol–water partition coefficient (Wildman–Crippen LogP) is 2.80. The third kappa shape index (κ3) is 13.1. The maximum Gasteiger partial charge on any atom is 0.422 e. The molecule has 0 spiro atoms. The largest absolute Gasteiger partial charge is 0.443 e. The van der Waals surface area contributed by atoms with Gasteiger partial charge in [-0.25, -0.2) is 10.2 Å². The molecule has 0 unspecified atom stereocenters. The molecule has 5 heteroatoms. The summed E-state index contributed by atoms with van der Waals surface area (Å²) in [5.41, 5.74) is 4.86. The first-order valence-corrected chi connectivity index (χ1v) is 6.92. The van der Waals surface area contributed by atoms with Gasteiger partial charge >= 0.3 is 6.09 Å². The molecule has 0 aliphatic rings. The number of carbonyl (C=O) groups excluding carboxylic acids is 2. The average molecular weight is 272 g/mol. The van der Waals surface area contributed by atoms with Gasteiger partial charge in [-0.1, -0.05) is 6.92 Å². The van der Waals surface area contributed by atoms with E-state index in [1.165, 1.54) is 0 Å². The molecule has 0 bridgehead atoms. The third-order valence-electron chi connectivity index (χ3n) is 2.58. The van der Waals surface area contributed by atoms with E-state index in [0.717, 1.165) is 19.3 Å². The normalized spacial score (nSPS) is 12.9. The Hall–Kier alpha value is -1.10. The molecule has 112 valence electrons. The van der Waals surface area contributed by atoms with Crippen molar-refractivity contribution in [2.75, 3.05) is 6.54 Å². The topological polar surface area (TPSA) is 67.4 Å². The minimum absolute atomic E-state index is 0.247. The molecular weight excluding hydrogens is 244 g/mol. The van der Waals surface area contributed by atoms with Crippen LogP contribution in [-0.4, -0.2) is 24.0 Å². The van der Waals surface area contributed by atoms with E-state index in [2.05, 4.69) is 17.8 Å². The molecular formula is C14H28N2O3. The van der Waals surface area contributed by atoms with Gasteiger partial charge < -0.3 is 9.53 Å². The van der Waals surface area contributed by atoms with E-state index in [1.807, 2.05) is 20.8 Å². The Morgan fingerprint density at radius 1 is 1.21 bits per heavy atom. The summed E-state index contributed by atoms with van der Waals surface area (Å²) in [6, 6.07) is 0. The van der Waals surface area contributed by atoms with E-state index in [9.17, 15) is 9.59 Å². The van der Waals surface area contributed by atoms with Crippen LogP contribution in [0.3, 0.4) is 0 Å². The Bertz CT molecular complexity index is 285. The van der Waals surface area contributed by atoms with Crippen molar-refractivity contribution in [2.24, 2.45) is 5.92 Å². The number of ether oxygens (including phenoxy) is 1. The first-order chi connectivity index (χ1) is 8.70. The number of hydrazine groups is 1. The van der Waals surface area contributed by atoms with Crippen molar-refractivity contribution in [2.45, 2.75) is 65.9 Å². The molecule has 0 aromatic heterocycles. The van der Waals surface area contributed by atoms with Crippen LogP contribution in [0.2, 0.25) is 0 Å². The number of Topliss-reactive ketones (excluding diaryl/α,β-unsaturated/α-hetero) is 1. The number of ketones is 1. The van der Waals surface area contributed by atoms with E-state index in [4.69, 9.17) is 4.74 Å². The Labute approximate surface area is 116 Å². The van der Waals surface area contributed by atoms with Crippen molar-refractivity contribution in [1.82, 2.24) is 10.9 Å². The van der Waals surface area contributed by atoms with Crippen LogP contribution in [-0.2, 0) is 9.53 Å². The van der Waals surface area contributed by atoms with E-state index in [1.54, 1.807) is 6.92 Å². The second-order valence-corrected chi connectivity index (χ2v) is 6.04. The molecule has 0 fully saturated rings. The van der Waals surface area contributed by atoms with Gasteiger partial charge in [0.1, 0.15) is 11.4 Å². The second-order valence-electron chi connectivity index (χ2n) is 6.04. The Morgan fingerprint density at radius 3 is 2.37 bits per heavy atom. The fourth-order valence-corrected chi connectivity index (χ4v) is 1.57. The van der Waals surface area contributed by atoms with Crippen LogP contribution in [0.5, 0.6) is 0 Å². The summed E-state index contributed by atoms with van der Waals surface area (Å²) in [5.74, 6) is 0.781.